The normalized spacial score (nSPS) is 13.5. The molecule has 2 rings (SSSR count). The van der Waals surface area contributed by atoms with Gasteiger partial charge in [0.1, 0.15) is 0 Å². The Morgan fingerprint density at radius 3 is 2.46 bits per heavy atom. The molecular formula is C16H20F3N3O2. The van der Waals surface area contributed by atoms with Crippen molar-refractivity contribution in [1.29, 1.82) is 0 Å². The number of amides is 1. The van der Waals surface area contributed by atoms with Crippen molar-refractivity contribution in [3.8, 4) is 0 Å². The van der Waals surface area contributed by atoms with Crippen molar-refractivity contribution in [2.24, 2.45) is 0 Å². The fourth-order valence-electron chi connectivity index (χ4n) is 2.48. The predicted octanol–water partition coefficient (Wildman–Crippen LogP) is 3.09. The van der Waals surface area contributed by atoms with Gasteiger partial charge in [-0.1, -0.05) is 0 Å². The lowest BCUT2D eigenvalue weighted by Gasteiger charge is -2.23. The Kier molecular flexibility index (Phi) is 4.89. The Morgan fingerprint density at radius 1 is 1.33 bits per heavy atom. The molecule has 0 aliphatic carbocycles. The van der Waals surface area contributed by atoms with E-state index in [1.54, 1.807) is 20.8 Å². The number of nitrogens with zero attached hydrogens (tertiary/aromatic N) is 3. The summed E-state index contributed by atoms with van der Waals surface area (Å²) in [6.45, 7) is 4.76. The van der Waals surface area contributed by atoms with Crippen LogP contribution < -0.4 is 0 Å². The van der Waals surface area contributed by atoms with E-state index in [4.69, 9.17) is 5.11 Å². The van der Waals surface area contributed by atoms with E-state index < -0.39 is 24.1 Å². The Hall–Kier alpha value is -2.09. The van der Waals surface area contributed by atoms with Crippen LogP contribution in [0.3, 0.4) is 0 Å². The highest BCUT2D eigenvalue weighted by Crippen LogP contribution is 2.34. The van der Waals surface area contributed by atoms with Crippen LogP contribution in [0.2, 0.25) is 0 Å². The number of carbonyl (C=O) groups excluding carboxylic acids is 1. The molecule has 0 radical (unpaired) electrons. The summed E-state index contributed by atoms with van der Waals surface area (Å²) in [7, 11) is 1.53. The van der Waals surface area contributed by atoms with E-state index in [9.17, 15) is 18.0 Å². The molecule has 0 aliphatic rings. The summed E-state index contributed by atoms with van der Waals surface area (Å²) in [4.78, 5) is 17.4. The third kappa shape index (κ3) is 3.24. The van der Waals surface area contributed by atoms with Gasteiger partial charge in [0.25, 0.3) is 5.91 Å². The molecule has 1 amide bonds. The quantitative estimate of drug-likeness (QED) is 0.928. The fourth-order valence-corrected chi connectivity index (χ4v) is 2.48. The number of halogens is 3. The van der Waals surface area contributed by atoms with Gasteiger partial charge in [-0.2, -0.15) is 13.2 Å². The average molecular weight is 343 g/mol. The first-order valence-electron chi connectivity index (χ1n) is 7.55. The topological polar surface area (TPSA) is 58.4 Å². The highest BCUT2D eigenvalue weighted by molar-refractivity contribution is 5.97. The van der Waals surface area contributed by atoms with Crippen LogP contribution in [0.25, 0.3) is 11.0 Å². The summed E-state index contributed by atoms with van der Waals surface area (Å²) in [5.74, 6) is -1.36. The Labute approximate surface area is 137 Å². The van der Waals surface area contributed by atoms with Crippen molar-refractivity contribution < 1.29 is 23.1 Å². The molecule has 1 N–H and O–H groups in total. The molecule has 1 atom stereocenters. The van der Waals surface area contributed by atoms with Gasteiger partial charge in [0.15, 0.2) is 0 Å². The number of carbonyl (C=O) groups is 1. The number of aromatic nitrogens is 2. The smallest absolute Gasteiger partial charge is 0.394 e. The number of aliphatic hydroxyl groups excluding tert-OH is 1. The highest BCUT2D eigenvalue weighted by atomic mass is 19.4. The van der Waals surface area contributed by atoms with Crippen LogP contribution in [0.15, 0.2) is 18.2 Å². The number of hydrogen-bond donors (Lipinski definition) is 1. The molecule has 8 heteroatoms. The van der Waals surface area contributed by atoms with E-state index in [-0.39, 0.29) is 23.6 Å². The van der Waals surface area contributed by atoms with Crippen molar-refractivity contribution in [2.75, 3.05) is 13.7 Å². The average Bonchev–Trinajstić information content (AvgIpc) is 2.91. The van der Waals surface area contributed by atoms with Gasteiger partial charge in [-0.05, 0) is 39.0 Å². The lowest BCUT2D eigenvalue weighted by molar-refractivity contribution is -0.147. The van der Waals surface area contributed by atoms with Gasteiger partial charge in [-0.15, -0.1) is 0 Å². The Balaban J connectivity index is 2.55. The number of hydrogen-bond acceptors (Lipinski definition) is 3. The number of alkyl halides is 3. The van der Waals surface area contributed by atoms with Crippen molar-refractivity contribution in [2.45, 2.75) is 39.0 Å². The van der Waals surface area contributed by atoms with E-state index in [2.05, 4.69) is 4.98 Å². The molecular weight excluding hydrogens is 323 g/mol. The van der Waals surface area contributed by atoms with Crippen molar-refractivity contribution in [1.82, 2.24) is 14.5 Å². The molecule has 2 aromatic rings. The van der Waals surface area contributed by atoms with Crippen LogP contribution in [-0.2, 0) is 6.18 Å². The summed E-state index contributed by atoms with van der Waals surface area (Å²) in [6, 6.07) is 3.48. The number of imidazole rings is 1. The molecule has 1 aromatic heterocycles. The summed E-state index contributed by atoms with van der Waals surface area (Å²) in [6.07, 6.45) is -4.57. The third-order valence-electron chi connectivity index (χ3n) is 3.95. The van der Waals surface area contributed by atoms with Crippen LogP contribution in [0.5, 0.6) is 0 Å². The van der Waals surface area contributed by atoms with Crippen LogP contribution in [-0.4, -0.2) is 45.2 Å². The van der Waals surface area contributed by atoms with E-state index in [1.807, 2.05) is 0 Å². The number of benzene rings is 1. The first kappa shape index (κ1) is 18.3. The van der Waals surface area contributed by atoms with Gasteiger partial charge in [-0.3, -0.25) is 4.79 Å². The predicted molar refractivity (Wildman–Crippen MR) is 83.8 cm³/mol. The lowest BCUT2D eigenvalue weighted by atomic mass is 10.1. The maximum atomic E-state index is 13.2. The number of fused-ring (bicyclic) bond motifs is 1. The summed E-state index contributed by atoms with van der Waals surface area (Å²) < 4.78 is 40.7. The zero-order chi connectivity index (χ0) is 18.2. The minimum Gasteiger partial charge on any atom is -0.394 e. The van der Waals surface area contributed by atoms with E-state index in [0.29, 0.717) is 5.52 Å². The molecule has 1 unspecified atom stereocenters. The Morgan fingerprint density at radius 2 is 1.96 bits per heavy atom. The standard InChI is InChI=1S/C16H20F3N3O2/c1-9(2)22-13-6-5-11(14(24)21(4)10(3)8-23)7-12(13)20-15(22)16(17,18)19/h5-7,9-10,23H,8H2,1-4H3. The van der Waals surface area contributed by atoms with Gasteiger partial charge in [0.2, 0.25) is 5.82 Å². The minimum atomic E-state index is -4.57. The molecule has 0 bridgehead atoms. The van der Waals surface area contributed by atoms with Crippen LogP contribution in [0.4, 0.5) is 13.2 Å². The monoisotopic (exact) mass is 343 g/mol. The van der Waals surface area contributed by atoms with Crippen LogP contribution >= 0.6 is 0 Å². The fraction of sp³-hybridized carbons (Fsp3) is 0.500. The second-order valence-corrected chi connectivity index (χ2v) is 6.05. The lowest BCUT2D eigenvalue weighted by Crippen LogP contribution is -2.37. The van der Waals surface area contributed by atoms with Crippen LogP contribution in [0.1, 0.15) is 43.0 Å². The van der Waals surface area contributed by atoms with Crippen molar-refractivity contribution in [3.63, 3.8) is 0 Å². The number of likely N-dealkylation sites (N-methyl/N-ethyl adjacent to an activating group) is 1. The summed E-state index contributed by atoms with van der Waals surface area (Å²) >= 11 is 0. The van der Waals surface area contributed by atoms with Gasteiger partial charge in [-0.25, -0.2) is 4.98 Å². The van der Waals surface area contributed by atoms with E-state index >= 15 is 0 Å². The highest BCUT2D eigenvalue weighted by Gasteiger charge is 2.38. The minimum absolute atomic E-state index is 0.118. The number of aliphatic hydroxyl groups is 1. The van der Waals surface area contributed by atoms with Crippen LogP contribution in [0, 0.1) is 0 Å². The van der Waals surface area contributed by atoms with Crippen molar-refractivity contribution >= 4 is 16.9 Å². The maximum absolute atomic E-state index is 13.2. The largest absolute Gasteiger partial charge is 0.449 e. The van der Waals surface area contributed by atoms with E-state index in [1.165, 1.54) is 30.1 Å². The zero-order valence-electron chi connectivity index (χ0n) is 13.9. The van der Waals surface area contributed by atoms with Gasteiger partial charge in [0, 0.05) is 18.7 Å². The number of rotatable bonds is 4. The SMILES string of the molecule is CC(CO)N(C)C(=O)c1ccc2c(c1)nc(C(F)(F)F)n2C(C)C. The molecule has 0 saturated carbocycles. The first-order valence-corrected chi connectivity index (χ1v) is 7.55. The van der Waals surface area contributed by atoms with Gasteiger partial charge in [0.05, 0.1) is 23.7 Å². The Bertz CT molecular complexity index is 753. The molecule has 0 saturated heterocycles. The molecule has 1 aromatic carbocycles. The molecule has 0 aliphatic heterocycles. The third-order valence-corrected chi connectivity index (χ3v) is 3.95. The first-order chi connectivity index (χ1) is 11.1. The molecule has 0 fully saturated rings. The molecule has 0 spiro atoms. The second-order valence-electron chi connectivity index (χ2n) is 6.05. The summed E-state index contributed by atoms with van der Waals surface area (Å²) in [5.41, 5.74) is 0.672. The maximum Gasteiger partial charge on any atom is 0.449 e. The second kappa shape index (κ2) is 6.43. The van der Waals surface area contributed by atoms with Gasteiger partial charge < -0.3 is 14.6 Å². The molecule has 5 nitrogen and oxygen atoms in total. The van der Waals surface area contributed by atoms with Gasteiger partial charge >= 0.3 is 6.18 Å². The molecule has 132 valence electrons. The summed E-state index contributed by atoms with van der Waals surface area (Å²) in [5, 5.41) is 9.13. The molecule has 24 heavy (non-hydrogen) atoms. The van der Waals surface area contributed by atoms with E-state index in [0.717, 1.165) is 4.57 Å². The molecule has 1 heterocycles. The van der Waals surface area contributed by atoms with Crippen molar-refractivity contribution in [3.05, 3.63) is 29.6 Å². The zero-order valence-corrected chi connectivity index (χ0v) is 13.9.